The lowest BCUT2D eigenvalue weighted by molar-refractivity contribution is -0.0488. The van der Waals surface area contributed by atoms with Gasteiger partial charge in [-0.3, -0.25) is 0 Å². The van der Waals surface area contributed by atoms with Crippen LogP contribution in [0.15, 0.2) is 0 Å². The van der Waals surface area contributed by atoms with Crippen LogP contribution < -0.4 is 0 Å². The van der Waals surface area contributed by atoms with E-state index in [1.807, 2.05) is 0 Å². The molecule has 3 atom stereocenters. The highest BCUT2D eigenvalue weighted by molar-refractivity contribution is 5.06. The predicted molar refractivity (Wildman–Crippen MR) is 83.1 cm³/mol. The molecule has 0 saturated heterocycles. The van der Waals surface area contributed by atoms with Crippen molar-refractivity contribution in [3.05, 3.63) is 0 Å². The summed E-state index contributed by atoms with van der Waals surface area (Å²) in [6.07, 6.45) is 18.5. The fraction of sp³-hybridized carbons (Fsp3) is 1.00. The van der Waals surface area contributed by atoms with Crippen molar-refractivity contribution in [3.8, 4) is 0 Å². The summed E-state index contributed by atoms with van der Waals surface area (Å²) in [5.74, 6) is 4.47. The largest absolute Gasteiger partial charge is 0.0654 e. The van der Waals surface area contributed by atoms with Crippen LogP contribution >= 0.6 is 0 Å². The smallest absolute Gasteiger partial charge is 0.0210 e. The molecule has 3 aliphatic rings. The molecule has 0 aromatic heterocycles. The van der Waals surface area contributed by atoms with Crippen LogP contribution in [0.2, 0.25) is 0 Å². The third-order valence-electron chi connectivity index (χ3n) is 7.18. The van der Waals surface area contributed by atoms with Crippen LogP contribution in [0.25, 0.3) is 0 Å². The average Bonchev–Trinajstić information content (AvgIpc) is 2.56. The van der Waals surface area contributed by atoms with Crippen LogP contribution in [0.3, 0.4) is 0 Å². The topological polar surface area (TPSA) is 0 Å². The molecule has 0 N–H and O–H groups in total. The van der Waals surface area contributed by atoms with E-state index in [1.165, 1.54) is 32.1 Å². The molecular weight excluding hydrogens is 228 g/mol. The normalized spacial score (nSPS) is 40.1. The third-order valence-corrected chi connectivity index (χ3v) is 7.18. The average molecular weight is 262 g/mol. The second-order valence-corrected chi connectivity index (χ2v) is 7.85. The summed E-state index contributed by atoms with van der Waals surface area (Å²) in [5, 5.41) is 0. The molecule has 3 aliphatic carbocycles. The molecule has 0 spiro atoms. The molecule has 110 valence electrons. The molecular formula is C19H34. The van der Waals surface area contributed by atoms with Crippen molar-refractivity contribution < 1.29 is 0 Å². The van der Waals surface area contributed by atoms with Crippen molar-refractivity contribution >= 4 is 0 Å². The molecule has 0 aromatic rings. The molecule has 19 heavy (non-hydrogen) atoms. The van der Waals surface area contributed by atoms with Gasteiger partial charge in [-0.2, -0.15) is 0 Å². The van der Waals surface area contributed by atoms with Crippen molar-refractivity contribution in [1.29, 1.82) is 0 Å². The van der Waals surface area contributed by atoms with Crippen molar-refractivity contribution in [1.82, 2.24) is 0 Å². The first-order valence-electron chi connectivity index (χ1n) is 9.32. The van der Waals surface area contributed by atoms with Gasteiger partial charge in [0.15, 0.2) is 0 Å². The van der Waals surface area contributed by atoms with Crippen molar-refractivity contribution in [2.75, 3.05) is 0 Å². The molecule has 0 amide bonds. The van der Waals surface area contributed by atoms with E-state index in [4.69, 9.17) is 0 Å². The Kier molecular flexibility index (Phi) is 4.25. The van der Waals surface area contributed by atoms with Gasteiger partial charge in [-0.15, -0.1) is 0 Å². The zero-order valence-corrected chi connectivity index (χ0v) is 13.3. The number of rotatable bonds is 6. The molecule has 0 heteroatoms. The molecule has 0 aliphatic heterocycles. The van der Waals surface area contributed by atoms with Crippen LogP contribution in [-0.4, -0.2) is 0 Å². The van der Waals surface area contributed by atoms with Gasteiger partial charge >= 0.3 is 0 Å². The molecule has 0 nitrogen and oxygen atoms in total. The Hall–Kier alpha value is 0. The van der Waals surface area contributed by atoms with E-state index in [0.29, 0.717) is 0 Å². The zero-order chi connectivity index (χ0) is 13.3. The quantitative estimate of drug-likeness (QED) is 0.534. The lowest BCUT2D eigenvalue weighted by atomic mass is 9.51. The maximum atomic E-state index is 2.44. The Balaban J connectivity index is 1.85. The summed E-state index contributed by atoms with van der Waals surface area (Å²) >= 11 is 0. The minimum absolute atomic E-state index is 0.800. The maximum absolute atomic E-state index is 2.44. The number of hydrogen-bond acceptors (Lipinski definition) is 0. The molecule has 0 aromatic carbocycles. The van der Waals surface area contributed by atoms with Gasteiger partial charge in [0, 0.05) is 0 Å². The summed E-state index contributed by atoms with van der Waals surface area (Å²) in [5.41, 5.74) is 0.800. The van der Waals surface area contributed by atoms with Gasteiger partial charge in [0.1, 0.15) is 0 Å². The first kappa shape index (κ1) is 14.0. The molecule has 3 unspecified atom stereocenters. The van der Waals surface area contributed by atoms with E-state index >= 15 is 0 Å². The van der Waals surface area contributed by atoms with Crippen LogP contribution in [0, 0.1) is 29.1 Å². The zero-order valence-electron chi connectivity index (χ0n) is 13.3. The van der Waals surface area contributed by atoms with Crippen LogP contribution in [-0.2, 0) is 0 Å². The minimum atomic E-state index is 0.800. The SMILES string of the molecule is CCCC1CCC(C2CCC2)C1(CCC)C1CCC1. The summed E-state index contributed by atoms with van der Waals surface area (Å²) in [6, 6.07) is 0. The van der Waals surface area contributed by atoms with Crippen molar-refractivity contribution in [2.24, 2.45) is 29.1 Å². The first-order chi connectivity index (χ1) is 9.32. The van der Waals surface area contributed by atoms with E-state index in [9.17, 15) is 0 Å². The standard InChI is InChI=1S/C19H34/c1-3-7-16-12-13-18(15-8-5-9-15)19(16,14-4-2)17-10-6-11-17/h15-18H,3-14H2,1-2H3. The predicted octanol–water partition coefficient (Wildman–Crippen LogP) is 6.20. The summed E-state index contributed by atoms with van der Waals surface area (Å²) in [6.45, 7) is 4.85. The van der Waals surface area contributed by atoms with Gasteiger partial charge in [-0.25, -0.2) is 0 Å². The van der Waals surface area contributed by atoms with Gasteiger partial charge in [0.2, 0.25) is 0 Å². The summed E-state index contributed by atoms with van der Waals surface area (Å²) < 4.78 is 0. The first-order valence-corrected chi connectivity index (χ1v) is 9.32. The highest BCUT2D eigenvalue weighted by Gasteiger charge is 2.56. The molecule has 0 radical (unpaired) electrons. The highest BCUT2D eigenvalue weighted by Crippen LogP contribution is 2.65. The van der Waals surface area contributed by atoms with Gasteiger partial charge in [-0.1, -0.05) is 58.8 Å². The Morgan fingerprint density at radius 2 is 1.58 bits per heavy atom. The molecule has 0 bridgehead atoms. The van der Waals surface area contributed by atoms with Gasteiger partial charge in [0.05, 0.1) is 0 Å². The van der Waals surface area contributed by atoms with Gasteiger partial charge < -0.3 is 0 Å². The Morgan fingerprint density at radius 1 is 0.842 bits per heavy atom. The molecule has 3 fully saturated rings. The van der Waals surface area contributed by atoms with Crippen molar-refractivity contribution in [3.63, 3.8) is 0 Å². The van der Waals surface area contributed by atoms with E-state index < -0.39 is 0 Å². The van der Waals surface area contributed by atoms with Crippen LogP contribution in [0.4, 0.5) is 0 Å². The van der Waals surface area contributed by atoms with Crippen LogP contribution in [0.1, 0.15) is 90.9 Å². The lowest BCUT2D eigenvalue weighted by Crippen LogP contribution is -2.46. The lowest BCUT2D eigenvalue weighted by Gasteiger charge is -2.54. The van der Waals surface area contributed by atoms with Crippen LogP contribution in [0.5, 0.6) is 0 Å². The van der Waals surface area contributed by atoms with Gasteiger partial charge in [-0.05, 0) is 61.2 Å². The third kappa shape index (κ3) is 2.18. The highest BCUT2D eigenvalue weighted by atomic mass is 14.6. The fourth-order valence-electron chi connectivity index (χ4n) is 6.11. The number of hydrogen-bond donors (Lipinski definition) is 0. The van der Waals surface area contributed by atoms with E-state index in [-0.39, 0.29) is 0 Å². The molecule has 0 heterocycles. The minimum Gasteiger partial charge on any atom is -0.0654 e. The summed E-state index contributed by atoms with van der Waals surface area (Å²) in [4.78, 5) is 0. The summed E-state index contributed by atoms with van der Waals surface area (Å²) in [7, 11) is 0. The Morgan fingerprint density at radius 3 is 2.05 bits per heavy atom. The second kappa shape index (κ2) is 5.78. The van der Waals surface area contributed by atoms with E-state index in [0.717, 1.165) is 29.1 Å². The molecule has 3 rings (SSSR count). The Labute approximate surface area is 120 Å². The molecule has 3 saturated carbocycles. The van der Waals surface area contributed by atoms with Crippen molar-refractivity contribution in [2.45, 2.75) is 90.9 Å². The second-order valence-electron chi connectivity index (χ2n) is 7.85. The fourth-order valence-corrected chi connectivity index (χ4v) is 6.11. The van der Waals surface area contributed by atoms with E-state index in [2.05, 4.69) is 13.8 Å². The monoisotopic (exact) mass is 262 g/mol. The Bertz CT molecular complexity index is 286. The maximum Gasteiger partial charge on any atom is -0.0210 e. The van der Waals surface area contributed by atoms with Gasteiger partial charge in [0.25, 0.3) is 0 Å². The van der Waals surface area contributed by atoms with E-state index in [1.54, 1.807) is 44.9 Å².